The molecule has 0 saturated heterocycles. The van der Waals surface area contributed by atoms with Crippen LogP contribution in [0.5, 0.6) is 0 Å². The Hall–Kier alpha value is -6.42. The molecule has 1 aliphatic rings. The second-order valence-electron chi connectivity index (χ2n) is 19.5. The number of aromatic nitrogens is 2. The molecule has 0 saturated carbocycles. The zero-order chi connectivity index (χ0) is 53.3. The minimum absolute atomic E-state index is 0.000426. The molecule has 72 heavy (non-hydrogen) atoms. The first kappa shape index (κ1) is 58.2. The summed E-state index contributed by atoms with van der Waals surface area (Å²) < 4.78 is 31.3. The van der Waals surface area contributed by atoms with Crippen LogP contribution in [0.3, 0.4) is 0 Å². The molecule has 1 unspecified atom stereocenters. The van der Waals surface area contributed by atoms with Gasteiger partial charge in [-0.3, -0.25) is 38.6 Å². The number of carboxylic acids is 1. The average Bonchev–Trinajstić information content (AvgIpc) is 3.88. The Morgan fingerprint density at radius 2 is 1.53 bits per heavy atom. The number of nitrogens with one attached hydrogen (secondary N) is 4. The Morgan fingerprint density at radius 3 is 2.15 bits per heavy atom. The van der Waals surface area contributed by atoms with Crippen LogP contribution in [0.25, 0.3) is 11.3 Å². The highest BCUT2D eigenvalue weighted by atomic mass is 19.1. The number of imidazole rings is 1. The normalized spacial score (nSPS) is 15.3. The number of aliphatic carboxylic acids is 1. The van der Waals surface area contributed by atoms with Crippen molar-refractivity contribution in [2.75, 3.05) is 26.2 Å². The standard InChI is InChI=1S/C51H71F2N9O10/c1-31(2)44(59-40(64)18-11-8-14-25-61-41(65)21-22-42(61)66)49(70)56-32(3)47(68)58-38(50(71)72)17-12-13-24-55-48(69)37(54)23-26-62(43(67)30-63)45(51(4,5)6)46-57-39(35-27-34(52)19-20-36(35)53)29-60(46)28-33-15-9-7-10-16-33/h7,9-10,15-16,19-22,27,29,31-32,37-38,43-45,63,67H,8,11-14,17-18,23-26,28,30,54H2,1-6H3,(H,55,69)(H,56,70)(H,58,68)(H,59,64)(H,71,72)/t32-,37-,38-,43?,44-,45-/m0/s1. The number of nitrogens with two attached hydrogens (primary N) is 1. The summed E-state index contributed by atoms with van der Waals surface area (Å²) in [6.07, 6.45) is 4.80. The maximum Gasteiger partial charge on any atom is 0.326 e. The molecule has 0 radical (unpaired) electrons. The van der Waals surface area contributed by atoms with Crippen LogP contribution in [0.4, 0.5) is 8.78 Å². The molecule has 4 rings (SSSR count). The summed E-state index contributed by atoms with van der Waals surface area (Å²) in [5.41, 5.74) is 6.65. The molecule has 6 amide bonds. The summed E-state index contributed by atoms with van der Waals surface area (Å²) in [7, 11) is 0. The number of benzene rings is 2. The summed E-state index contributed by atoms with van der Waals surface area (Å²) in [6.45, 7) is 10.5. The monoisotopic (exact) mass is 1010 g/mol. The minimum Gasteiger partial charge on any atom is -0.480 e. The zero-order valence-electron chi connectivity index (χ0n) is 41.9. The van der Waals surface area contributed by atoms with Crippen molar-refractivity contribution in [3.8, 4) is 11.3 Å². The van der Waals surface area contributed by atoms with Gasteiger partial charge in [-0.2, -0.15) is 0 Å². The Bertz CT molecular complexity index is 2360. The predicted octanol–water partition coefficient (Wildman–Crippen LogP) is 3.28. The number of carbonyl (C=O) groups is 7. The number of aliphatic hydroxyl groups excluding tert-OH is 2. The largest absolute Gasteiger partial charge is 0.480 e. The maximum atomic E-state index is 15.1. The Kier molecular flexibility index (Phi) is 22.1. The van der Waals surface area contributed by atoms with E-state index in [0.29, 0.717) is 31.5 Å². The van der Waals surface area contributed by atoms with Gasteiger partial charge in [-0.05, 0) is 80.5 Å². The highest BCUT2D eigenvalue weighted by Gasteiger charge is 2.39. The van der Waals surface area contributed by atoms with Gasteiger partial charge in [0.1, 0.15) is 41.8 Å². The van der Waals surface area contributed by atoms with Gasteiger partial charge in [-0.15, -0.1) is 0 Å². The van der Waals surface area contributed by atoms with E-state index >= 15 is 4.39 Å². The van der Waals surface area contributed by atoms with Crippen LogP contribution in [-0.4, -0.2) is 133 Å². The second kappa shape index (κ2) is 27.4. The third-order valence-electron chi connectivity index (χ3n) is 12.2. The summed E-state index contributed by atoms with van der Waals surface area (Å²) in [6, 6.07) is 7.19. The molecule has 6 atom stereocenters. The molecule has 0 fully saturated rings. The molecule has 394 valence electrons. The van der Waals surface area contributed by atoms with E-state index in [1.54, 1.807) is 29.5 Å². The van der Waals surface area contributed by atoms with E-state index in [1.807, 2.05) is 51.1 Å². The van der Waals surface area contributed by atoms with Gasteiger partial charge in [0.15, 0.2) is 0 Å². The lowest BCUT2D eigenvalue weighted by Gasteiger charge is -2.42. The Labute approximate surface area is 419 Å². The second-order valence-corrected chi connectivity index (χ2v) is 19.5. The fourth-order valence-electron chi connectivity index (χ4n) is 8.29. The lowest BCUT2D eigenvalue weighted by atomic mass is 9.84. The van der Waals surface area contributed by atoms with Gasteiger partial charge in [0.05, 0.1) is 24.4 Å². The van der Waals surface area contributed by atoms with Gasteiger partial charge in [0.25, 0.3) is 11.8 Å². The van der Waals surface area contributed by atoms with Crippen LogP contribution in [0.2, 0.25) is 0 Å². The van der Waals surface area contributed by atoms with Gasteiger partial charge in [0, 0.05) is 56.5 Å². The quantitative estimate of drug-likeness (QED) is 0.0282. The van der Waals surface area contributed by atoms with Crippen molar-refractivity contribution in [3.05, 3.63) is 89.9 Å². The molecule has 19 nitrogen and oxygen atoms in total. The first-order chi connectivity index (χ1) is 34.0. The summed E-state index contributed by atoms with van der Waals surface area (Å²) in [5, 5.41) is 41.8. The predicted molar refractivity (Wildman–Crippen MR) is 263 cm³/mol. The number of aliphatic hydroxyl groups is 2. The number of amides is 6. The number of carboxylic acid groups (broad SMARTS) is 1. The smallest absolute Gasteiger partial charge is 0.326 e. The molecule has 0 spiro atoms. The van der Waals surface area contributed by atoms with Gasteiger partial charge in [0.2, 0.25) is 23.6 Å². The highest BCUT2D eigenvalue weighted by molar-refractivity contribution is 6.12. The fourth-order valence-corrected chi connectivity index (χ4v) is 8.29. The van der Waals surface area contributed by atoms with E-state index in [-0.39, 0.29) is 80.9 Å². The lowest BCUT2D eigenvalue weighted by Crippen LogP contribution is -2.56. The SMILES string of the molecule is CC(C)[C@H](NC(=O)CCCCCN1C(=O)C=CC1=O)C(=O)N[C@@H](C)C(=O)N[C@@H](CCCCNC(=O)[C@@H](N)CCN(C(O)CO)[C@@H](c1nc(-c2cc(F)ccc2F)cn1Cc1ccccc1)C(C)(C)C)C(=O)O. The number of unbranched alkanes of at least 4 members (excludes halogenated alkanes) is 3. The van der Waals surface area contributed by atoms with Crippen molar-refractivity contribution in [3.63, 3.8) is 0 Å². The Morgan fingerprint density at radius 1 is 0.847 bits per heavy atom. The van der Waals surface area contributed by atoms with Gasteiger partial charge in [-0.25, -0.2) is 18.6 Å². The van der Waals surface area contributed by atoms with Crippen LogP contribution >= 0.6 is 0 Å². The van der Waals surface area contributed by atoms with Crippen molar-refractivity contribution in [1.29, 1.82) is 0 Å². The number of carbonyl (C=O) groups excluding carboxylic acids is 6. The molecule has 0 aliphatic carbocycles. The van der Waals surface area contributed by atoms with Crippen molar-refractivity contribution >= 4 is 41.4 Å². The van der Waals surface area contributed by atoms with Crippen LogP contribution in [-0.2, 0) is 40.1 Å². The molecule has 1 aliphatic heterocycles. The van der Waals surface area contributed by atoms with Gasteiger partial charge in [-0.1, -0.05) is 71.4 Å². The number of imide groups is 1. The minimum atomic E-state index is -1.44. The van der Waals surface area contributed by atoms with Crippen LogP contribution < -0.4 is 27.0 Å². The molecular formula is C51H71F2N9O10. The number of hydrogen-bond donors (Lipinski definition) is 8. The van der Waals surface area contributed by atoms with Gasteiger partial charge >= 0.3 is 5.97 Å². The van der Waals surface area contributed by atoms with Crippen LogP contribution in [0, 0.1) is 23.0 Å². The third-order valence-corrected chi connectivity index (χ3v) is 12.2. The van der Waals surface area contributed by atoms with Gasteiger partial charge < -0.3 is 46.9 Å². The van der Waals surface area contributed by atoms with Crippen LogP contribution in [0.1, 0.15) is 110 Å². The maximum absolute atomic E-state index is 15.1. The molecule has 9 N–H and O–H groups in total. The first-order valence-electron chi connectivity index (χ1n) is 24.3. The molecule has 2 heterocycles. The lowest BCUT2D eigenvalue weighted by molar-refractivity contribution is -0.142. The topological polar surface area (TPSA) is 279 Å². The fraction of sp³-hybridized carbons (Fsp3) is 0.529. The zero-order valence-corrected chi connectivity index (χ0v) is 41.9. The summed E-state index contributed by atoms with van der Waals surface area (Å²) >= 11 is 0. The molecule has 21 heteroatoms. The van der Waals surface area contributed by atoms with E-state index in [1.165, 1.54) is 19.1 Å². The average molecular weight is 1010 g/mol. The molecule has 0 bridgehead atoms. The van der Waals surface area contributed by atoms with E-state index in [0.717, 1.165) is 28.7 Å². The molecular weight excluding hydrogens is 937 g/mol. The van der Waals surface area contributed by atoms with E-state index < -0.39 is 89.7 Å². The summed E-state index contributed by atoms with van der Waals surface area (Å²) in [4.78, 5) is 95.2. The van der Waals surface area contributed by atoms with Crippen LogP contribution in [0.15, 0.2) is 66.9 Å². The Balaban J connectivity index is 1.28. The number of halogens is 2. The highest BCUT2D eigenvalue weighted by Crippen LogP contribution is 2.40. The van der Waals surface area contributed by atoms with Crippen molar-refractivity contribution in [2.24, 2.45) is 17.1 Å². The van der Waals surface area contributed by atoms with Crippen molar-refractivity contribution in [2.45, 2.75) is 136 Å². The molecule has 3 aromatic rings. The number of rotatable bonds is 29. The van der Waals surface area contributed by atoms with Crippen molar-refractivity contribution in [1.82, 2.24) is 40.6 Å². The van der Waals surface area contributed by atoms with E-state index in [2.05, 4.69) is 21.3 Å². The third kappa shape index (κ3) is 17.1. The summed E-state index contributed by atoms with van der Waals surface area (Å²) in [5.74, 6) is -5.66. The van der Waals surface area contributed by atoms with Crippen molar-refractivity contribution < 1.29 is 57.7 Å². The molecule has 2 aromatic carbocycles. The number of nitrogens with zero attached hydrogens (tertiary/aromatic N) is 4. The number of hydrogen-bond acceptors (Lipinski definition) is 12. The first-order valence-corrected chi connectivity index (χ1v) is 24.3. The van der Waals surface area contributed by atoms with E-state index in [4.69, 9.17) is 10.7 Å². The van der Waals surface area contributed by atoms with E-state index in [9.17, 15) is 53.3 Å². The molecule has 1 aromatic heterocycles.